The molecule has 7 heteroatoms. The molecule has 0 spiro atoms. The molecule has 1 rings (SSSR count). The maximum absolute atomic E-state index is 11.8. The van der Waals surface area contributed by atoms with Gasteiger partial charge in [-0.1, -0.05) is 13.8 Å². The molecule has 7 nitrogen and oxygen atoms in total. The van der Waals surface area contributed by atoms with Gasteiger partial charge in [-0.15, -0.1) is 0 Å². The first-order chi connectivity index (χ1) is 10.5. The Labute approximate surface area is 129 Å². The molecule has 120 valence electrons. The van der Waals surface area contributed by atoms with Crippen molar-refractivity contribution in [1.82, 2.24) is 15.8 Å². The predicted octanol–water partition coefficient (Wildman–Crippen LogP) is 0.878. The number of nitrogens with zero attached hydrogens (tertiary/aromatic N) is 1. The van der Waals surface area contributed by atoms with Crippen molar-refractivity contribution in [3.63, 3.8) is 0 Å². The number of aromatic carboxylic acids is 1. The van der Waals surface area contributed by atoms with Crippen LogP contribution in [-0.2, 0) is 4.79 Å². The van der Waals surface area contributed by atoms with Gasteiger partial charge in [-0.05, 0) is 37.4 Å². The van der Waals surface area contributed by atoms with E-state index in [0.717, 1.165) is 13.1 Å². The van der Waals surface area contributed by atoms with Crippen LogP contribution in [0.5, 0.6) is 0 Å². The standard InChI is InChI=1S/C15H21N3O4/c1-3-18(4-2)10-9-13(19)16-17-14(20)11-5-7-12(8-6-11)15(21)22/h5-8H,3-4,9-10H2,1-2H3,(H,16,19)(H,17,20)(H,21,22). The zero-order valence-electron chi connectivity index (χ0n) is 12.8. The highest BCUT2D eigenvalue weighted by atomic mass is 16.4. The number of benzene rings is 1. The number of carboxylic acid groups (broad SMARTS) is 1. The van der Waals surface area contributed by atoms with Crippen molar-refractivity contribution in [2.75, 3.05) is 19.6 Å². The van der Waals surface area contributed by atoms with Crippen LogP contribution in [0.4, 0.5) is 0 Å². The number of nitrogens with one attached hydrogen (secondary N) is 2. The van der Waals surface area contributed by atoms with E-state index in [1.807, 2.05) is 13.8 Å². The molecule has 0 radical (unpaired) electrons. The maximum atomic E-state index is 11.8. The van der Waals surface area contributed by atoms with Crippen LogP contribution in [0.3, 0.4) is 0 Å². The lowest BCUT2D eigenvalue weighted by Crippen LogP contribution is -2.42. The molecule has 1 aromatic carbocycles. The molecule has 0 atom stereocenters. The largest absolute Gasteiger partial charge is 0.478 e. The molecule has 22 heavy (non-hydrogen) atoms. The van der Waals surface area contributed by atoms with Gasteiger partial charge in [-0.3, -0.25) is 20.4 Å². The Bertz CT molecular complexity index is 524. The molecule has 0 unspecified atom stereocenters. The summed E-state index contributed by atoms with van der Waals surface area (Å²) in [5, 5.41) is 8.77. The number of rotatable bonds is 7. The molecule has 0 fully saturated rings. The molecule has 0 aliphatic rings. The molecule has 3 N–H and O–H groups in total. The Morgan fingerprint density at radius 2 is 1.55 bits per heavy atom. The van der Waals surface area contributed by atoms with Crippen LogP contribution >= 0.6 is 0 Å². The van der Waals surface area contributed by atoms with Crippen LogP contribution < -0.4 is 10.9 Å². The minimum Gasteiger partial charge on any atom is -0.478 e. The van der Waals surface area contributed by atoms with E-state index in [4.69, 9.17) is 5.11 Å². The summed E-state index contributed by atoms with van der Waals surface area (Å²) in [5.41, 5.74) is 5.01. The van der Waals surface area contributed by atoms with Crippen LogP contribution in [0.1, 0.15) is 41.0 Å². The van der Waals surface area contributed by atoms with Gasteiger partial charge in [-0.2, -0.15) is 0 Å². The number of hydrogen-bond acceptors (Lipinski definition) is 4. The number of carboxylic acids is 1. The highest BCUT2D eigenvalue weighted by Gasteiger charge is 2.10. The number of amides is 2. The quantitative estimate of drug-likeness (QED) is 0.649. The van der Waals surface area contributed by atoms with Crippen molar-refractivity contribution in [3.05, 3.63) is 35.4 Å². The van der Waals surface area contributed by atoms with E-state index in [1.54, 1.807) is 0 Å². The number of hydrogen-bond donors (Lipinski definition) is 3. The molecule has 1 aromatic rings. The summed E-state index contributed by atoms with van der Waals surface area (Å²) in [4.78, 5) is 36.2. The molecule has 0 heterocycles. The number of carbonyl (C=O) groups is 3. The molecule has 0 saturated heterocycles. The van der Waals surface area contributed by atoms with Crippen molar-refractivity contribution in [3.8, 4) is 0 Å². The topological polar surface area (TPSA) is 98.7 Å². The summed E-state index contributed by atoms with van der Waals surface area (Å²) >= 11 is 0. The minimum absolute atomic E-state index is 0.0970. The van der Waals surface area contributed by atoms with Gasteiger partial charge in [0.05, 0.1) is 5.56 Å². The molecule has 0 saturated carbocycles. The van der Waals surface area contributed by atoms with Gasteiger partial charge in [0.15, 0.2) is 0 Å². The SMILES string of the molecule is CCN(CC)CCC(=O)NNC(=O)c1ccc(C(=O)O)cc1. The first-order valence-corrected chi connectivity index (χ1v) is 7.12. The Balaban J connectivity index is 2.42. The zero-order valence-corrected chi connectivity index (χ0v) is 12.8. The monoisotopic (exact) mass is 307 g/mol. The summed E-state index contributed by atoms with van der Waals surface area (Å²) in [5.74, 6) is -1.83. The lowest BCUT2D eigenvalue weighted by molar-refractivity contribution is -0.122. The fraction of sp³-hybridized carbons (Fsp3) is 0.400. The Kier molecular flexibility index (Phi) is 7.04. The summed E-state index contributed by atoms with van der Waals surface area (Å²) in [6, 6.07) is 5.45. The van der Waals surface area contributed by atoms with Gasteiger partial charge in [0.25, 0.3) is 5.91 Å². The third-order valence-corrected chi connectivity index (χ3v) is 3.26. The van der Waals surface area contributed by atoms with Gasteiger partial charge in [0.2, 0.25) is 5.91 Å². The van der Waals surface area contributed by atoms with Crippen molar-refractivity contribution in [2.45, 2.75) is 20.3 Å². The van der Waals surface area contributed by atoms with Gasteiger partial charge in [-0.25, -0.2) is 4.79 Å². The van der Waals surface area contributed by atoms with Crippen LogP contribution in [0.15, 0.2) is 24.3 Å². The summed E-state index contributed by atoms with van der Waals surface area (Å²) in [6.45, 7) is 6.40. The van der Waals surface area contributed by atoms with Crippen molar-refractivity contribution in [2.24, 2.45) is 0 Å². The first-order valence-electron chi connectivity index (χ1n) is 7.12. The lowest BCUT2D eigenvalue weighted by Gasteiger charge is -2.17. The fourth-order valence-electron chi connectivity index (χ4n) is 1.82. The molecular formula is C15H21N3O4. The van der Waals surface area contributed by atoms with E-state index in [1.165, 1.54) is 24.3 Å². The van der Waals surface area contributed by atoms with E-state index in [2.05, 4.69) is 15.8 Å². The number of carbonyl (C=O) groups excluding carboxylic acids is 2. The third kappa shape index (κ3) is 5.53. The summed E-state index contributed by atoms with van der Waals surface area (Å²) in [7, 11) is 0. The maximum Gasteiger partial charge on any atom is 0.335 e. The van der Waals surface area contributed by atoms with Crippen LogP contribution in [0.25, 0.3) is 0 Å². The predicted molar refractivity (Wildman–Crippen MR) is 81.4 cm³/mol. The molecule has 0 bridgehead atoms. The van der Waals surface area contributed by atoms with Gasteiger partial charge >= 0.3 is 5.97 Å². The van der Waals surface area contributed by atoms with Gasteiger partial charge in [0.1, 0.15) is 0 Å². The van der Waals surface area contributed by atoms with E-state index in [-0.39, 0.29) is 17.0 Å². The summed E-state index contributed by atoms with van der Waals surface area (Å²) < 4.78 is 0. The van der Waals surface area contributed by atoms with Gasteiger partial charge < -0.3 is 10.0 Å². The van der Waals surface area contributed by atoms with Crippen molar-refractivity contribution < 1.29 is 19.5 Å². The average molecular weight is 307 g/mol. The van der Waals surface area contributed by atoms with Crippen LogP contribution in [-0.4, -0.2) is 47.4 Å². The second-order valence-electron chi connectivity index (χ2n) is 4.66. The second-order valence-corrected chi connectivity index (χ2v) is 4.66. The lowest BCUT2D eigenvalue weighted by atomic mass is 10.1. The third-order valence-electron chi connectivity index (χ3n) is 3.26. The van der Waals surface area contributed by atoms with E-state index in [0.29, 0.717) is 13.0 Å². The second kappa shape index (κ2) is 8.78. The highest BCUT2D eigenvalue weighted by Crippen LogP contribution is 2.04. The minimum atomic E-state index is -1.06. The van der Waals surface area contributed by atoms with Crippen LogP contribution in [0, 0.1) is 0 Å². The molecule has 0 aliphatic carbocycles. The fourth-order valence-corrected chi connectivity index (χ4v) is 1.82. The Hall–Kier alpha value is -2.41. The van der Waals surface area contributed by atoms with Crippen LogP contribution in [0.2, 0.25) is 0 Å². The van der Waals surface area contributed by atoms with E-state index in [9.17, 15) is 14.4 Å². The Morgan fingerprint density at radius 3 is 2.05 bits per heavy atom. The molecule has 0 aromatic heterocycles. The number of hydrazine groups is 1. The zero-order chi connectivity index (χ0) is 16.5. The van der Waals surface area contributed by atoms with Crippen molar-refractivity contribution >= 4 is 17.8 Å². The summed E-state index contributed by atoms with van der Waals surface area (Å²) in [6.07, 6.45) is 0.292. The highest BCUT2D eigenvalue weighted by molar-refractivity contribution is 5.96. The average Bonchev–Trinajstić information content (AvgIpc) is 2.53. The van der Waals surface area contributed by atoms with Gasteiger partial charge in [0, 0.05) is 18.5 Å². The van der Waals surface area contributed by atoms with E-state index >= 15 is 0 Å². The molecule has 2 amide bonds. The Morgan fingerprint density at radius 1 is 1.00 bits per heavy atom. The van der Waals surface area contributed by atoms with E-state index < -0.39 is 11.9 Å². The molecular weight excluding hydrogens is 286 g/mol. The normalized spacial score (nSPS) is 10.3. The first kappa shape index (κ1) is 17.6. The van der Waals surface area contributed by atoms with Crippen molar-refractivity contribution in [1.29, 1.82) is 0 Å². The molecule has 0 aliphatic heterocycles. The smallest absolute Gasteiger partial charge is 0.335 e.